The molecule has 2 unspecified atom stereocenters. The van der Waals surface area contributed by atoms with E-state index in [2.05, 4.69) is 0 Å². The largest absolute Gasteiger partial charge is 0.395 e. The average Bonchev–Trinajstić information content (AvgIpc) is 2.27. The molecule has 2 rings (SSSR count). The number of rotatable bonds is 1. The van der Waals surface area contributed by atoms with Gasteiger partial charge in [0, 0.05) is 19.2 Å². The minimum absolute atomic E-state index is 0.0619. The maximum Gasteiger partial charge on any atom is 0.151 e. The van der Waals surface area contributed by atoms with E-state index in [1.807, 2.05) is 6.92 Å². The Kier molecular flexibility index (Phi) is 3.19. The van der Waals surface area contributed by atoms with Crippen molar-refractivity contribution in [2.24, 2.45) is 5.92 Å². The number of aliphatic hydroxyl groups is 1. The molecule has 17 heavy (non-hydrogen) atoms. The van der Waals surface area contributed by atoms with E-state index in [1.165, 1.54) is 6.07 Å². The second-order valence-corrected chi connectivity index (χ2v) is 4.60. The lowest BCUT2D eigenvalue weighted by molar-refractivity contribution is 0.103. The Hall–Kier alpha value is -1.36. The molecule has 0 amide bonds. The minimum atomic E-state index is -0.756. The number of β-amino-alcohol motifs (C(OH)–C–C–N with tert-alkyl or cyclic N) is 1. The van der Waals surface area contributed by atoms with Crippen LogP contribution < -0.4 is 10.6 Å². The van der Waals surface area contributed by atoms with Crippen molar-refractivity contribution in [2.75, 3.05) is 23.7 Å². The van der Waals surface area contributed by atoms with Crippen LogP contribution in [-0.4, -0.2) is 24.3 Å². The zero-order valence-corrected chi connectivity index (χ0v) is 9.66. The SMILES string of the molecule is CC1CCN(c2cc(F)cc(F)c2N)CC1O. The highest BCUT2D eigenvalue weighted by Gasteiger charge is 2.26. The van der Waals surface area contributed by atoms with Crippen LogP contribution in [0.3, 0.4) is 0 Å². The van der Waals surface area contributed by atoms with Gasteiger partial charge < -0.3 is 15.7 Å². The smallest absolute Gasteiger partial charge is 0.151 e. The fraction of sp³-hybridized carbons (Fsp3) is 0.500. The normalized spacial score (nSPS) is 25.1. The molecular formula is C12H16F2N2O. The summed E-state index contributed by atoms with van der Waals surface area (Å²) >= 11 is 0. The third kappa shape index (κ3) is 2.34. The van der Waals surface area contributed by atoms with E-state index in [0.29, 0.717) is 18.8 Å². The van der Waals surface area contributed by atoms with Crippen molar-refractivity contribution in [3.8, 4) is 0 Å². The Balaban J connectivity index is 2.28. The summed E-state index contributed by atoms with van der Waals surface area (Å²) in [7, 11) is 0. The van der Waals surface area contributed by atoms with Gasteiger partial charge in [-0.1, -0.05) is 6.92 Å². The van der Waals surface area contributed by atoms with Gasteiger partial charge in [-0.3, -0.25) is 0 Å². The number of nitrogen functional groups attached to an aromatic ring is 1. The number of nitrogens with zero attached hydrogens (tertiary/aromatic N) is 1. The summed E-state index contributed by atoms with van der Waals surface area (Å²) in [6.07, 6.45) is 0.285. The van der Waals surface area contributed by atoms with Crippen LogP contribution in [0.2, 0.25) is 0 Å². The Labute approximate surface area is 98.8 Å². The predicted molar refractivity (Wildman–Crippen MR) is 62.8 cm³/mol. The molecule has 3 nitrogen and oxygen atoms in total. The molecule has 1 heterocycles. The third-order valence-electron chi connectivity index (χ3n) is 3.33. The van der Waals surface area contributed by atoms with Crippen LogP contribution in [0.5, 0.6) is 0 Å². The van der Waals surface area contributed by atoms with Gasteiger partial charge in [0.25, 0.3) is 0 Å². The highest BCUT2D eigenvalue weighted by Crippen LogP contribution is 2.30. The van der Waals surface area contributed by atoms with Crippen molar-refractivity contribution >= 4 is 11.4 Å². The van der Waals surface area contributed by atoms with Crippen LogP contribution >= 0.6 is 0 Å². The molecule has 1 aromatic rings. The van der Waals surface area contributed by atoms with Gasteiger partial charge in [-0.15, -0.1) is 0 Å². The summed E-state index contributed by atoms with van der Waals surface area (Å²) in [5, 5.41) is 9.77. The summed E-state index contributed by atoms with van der Waals surface area (Å²) in [5.41, 5.74) is 5.86. The first kappa shape index (κ1) is 12.1. The van der Waals surface area contributed by atoms with Gasteiger partial charge in [-0.2, -0.15) is 0 Å². The van der Waals surface area contributed by atoms with Crippen molar-refractivity contribution in [3.05, 3.63) is 23.8 Å². The van der Waals surface area contributed by atoms with E-state index >= 15 is 0 Å². The second kappa shape index (κ2) is 4.49. The standard InChI is InChI=1S/C12H16F2N2O/c1-7-2-3-16(6-11(7)17)10-5-8(13)4-9(14)12(10)15/h4-5,7,11,17H,2-3,6,15H2,1H3. The number of nitrogens with two attached hydrogens (primary N) is 1. The van der Waals surface area contributed by atoms with Crippen LogP contribution in [-0.2, 0) is 0 Å². The molecular weight excluding hydrogens is 226 g/mol. The van der Waals surface area contributed by atoms with Gasteiger partial charge in [0.1, 0.15) is 5.82 Å². The Bertz CT molecular complexity index is 425. The number of anilines is 2. The molecule has 1 aliphatic heterocycles. The molecule has 0 aromatic heterocycles. The van der Waals surface area contributed by atoms with E-state index in [9.17, 15) is 13.9 Å². The molecule has 0 aliphatic carbocycles. The van der Waals surface area contributed by atoms with Crippen LogP contribution in [0, 0.1) is 17.6 Å². The molecule has 2 atom stereocenters. The minimum Gasteiger partial charge on any atom is -0.395 e. The lowest BCUT2D eigenvalue weighted by Crippen LogP contribution is -2.43. The average molecular weight is 242 g/mol. The number of aliphatic hydroxyl groups excluding tert-OH is 1. The van der Waals surface area contributed by atoms with Crippen LogP contribution in [0.25, 0.3) is 0 Å². The van der Waals surface area contributed by atoms with Crippen molar-refractivity contribution in [1.29, 1.82) is 0 Å². The lowest BCUT2D eigenvalue weighted by atomic mass is 9.95. The van der Waals surface area contributed by atoms with Crippen molar-refractivity contribution in [3.63, 3.8) is 0 Å². The molecule has 0 bridgehead atoms. The summed E-state index contributed by atoms with van der Waals surface area (Å²) in [6.45, 7) is 2.96. The summed E-state index contributed by atoms with van der Waals surface area (Å²) in [6, 6.07) is 1.98. The fourth-order valence-corrected chi connectivity index (χ4v) is 2.10. The Morgan fingerprint density at radius 2 is 2.12 bits per heavy atom. The number of hydrogen-bond donors (Lipinski definition) is 2. The highest BCUT2D eigenvalue weighted by atomic mass is 19.1. The lowest BCUT2D eigenvalue weighted by Gasteiger charge is -2.36. The van der Waals surface area contributed by atoms with Gasteiger partial charge in [0.2, 0.25) is 0 Å². The Morgan fingerprint density at radius 1 is 1.41 bits per heavy atom. The van der Waals surface area contributed by atoms with Gasteiger partial charge in [0.05, 0.1) is 17.5 Å². The molecule has 5 heteroatoms. The summed E-state index contributed by atoms with van der Waals surface area (Å²) in [5.74, 6) is -1.21. The van der Waals surface area contributed by atoms with Crippen LogP contribution in [0.15, 0.2) is 12.1 Å². The zero-order valence-electron chi connectivity index (χ0n) is 9.66. The maximum atomic E-state index is 13.3. The second-order valence-electron chi connectivity index (χ2n) is 4.60. The number of piperidine rings is 1. The van der Waals surface area contributed by atoms with E-state index < -0.39 is 17.7 Å². The van der Waals surface area contributed by atoms with Crippen LogP contribution in [0.1, 0.15) is 13.3 Å². The topological polar surface area (TPSA) is 49.5 Å². The predicted octanol–water partition coefficient (Wildman–Crippen LogP) is 1.75. The summed E-state index contributed by atoms with van der Waals surface area (Å²) < 4.78 is 26.5. The number of benzene rings is 1. The van der Waals surface area contributed by atoms with Crippen LogP contribution in [0.4, 0.5) is 20.2 Å². The van der Waals surface area contributed by atoms with Crippen molar-refractivity contribution in [2.45, 2.75) is 19.4 Å². The number of hydrogen-bond acceptors (Lipinski definition) is 3. The first-order chi connectivity index (χ1) is 7.99. The maximum absolute atomic E-state index is 13.3. The summed E-state index contributed by atoms with van der Waals surface area (Å²) in [4.78, 5) is 1.73. The van der Waals surface area contributed by atoms with Crippen molar-refractivity contribution in [1.82, 2.24) is 0 Å². The zero-order chi connectivity index (χ0) is 12.6. The number of halogens is 2. The molecule has 1 saturated heterocycles. The highest BCUT2D eigenvalue weighted by molar-refractivity contribution is 5.68. The molecule has 1 aromatic carbocycles. The third-order valence-corrected chi connectivity index (χ3v) is 3.33. The molecule has 3 N–H and O–H groups in total. The van der Waals surface area contributed by atoms with E-state index in [0.717, 1.165) is 12.5 Å². The molecule has 94 valence electrons. The molecule has 0 spiro atoms. The fourth-order valence-electron chi connectivity index (χ4n) is 2.10. The van der Waals surface area contributed by atoms with Gasteiger partial charge in [-0.25, -0.2) is 8.78 Å². The molecule has 1 aliphatic rings. The van der Waals surface area contributed by atoms with E-state index in [-0.39, 0.29) is 11.6 Å². The van der Waals surface area contributed by atoms with E-state index in [1.54, 1.807) is 4.90 Å². The quantitative estimate of drug-likeness (QED) is 0.738. The molecule has 1 fully saturated rings. The molecule has 0 radical (unpaired) electrons. The van der Waals surface area contributed by atoms with Gasteiger partial charge in [-0.05, 0) is 18.4 Å². The van der Waals surface area contributed by atoms with E-state index in [4.69, 9.17) is 5.73 Å². The first-order valence-corrected chi connectivity index (χ1v) is 5.66. The first-order valence-electron chi connectivity index (χ1n) is 5.66. The van der Waals surface area contributed by atoms with Gasteiger partial charge in [0.15, 0.2) is 5.82 Å². The molecule has 0 saturated carbocycles. The van der Waals surface area contributed by atoms with Gasteiger partial charge >= 0.3 is 0 Å². The monoisotopic (exact) mass is 242 g/mol. The Morgan fingerprint density at radius 3 is 2.76 bits per heavy atom. The van der Waals surface area contributed by atoms with Crippen molar-refractivity contribution < 1.29 is 13.9 Å².